The van der Waals surface area contributed by atoms with Gasteiger partial charge in [-0.1, -0.05) is 5.16 Å². The van der Waals surface area contributed by atoms with Crippen LogP contribution < -0.4 is 4.84 Å². The highest BCUT2D eigenvalue weighted by atomic mass is 16.6. The van der Waals surface area contributed by atoms with Gasteiger partial charge in [0.2, 0.25) is 0 Å². The van der Waals surface area contributed by atoms with E-state index in [1.165, 1.54) is 24.3 Å². The van der Waals surface area contributed by atoms with Crippen LogP contribution in [0.2, 0.25) is 0 Å². The number of benzene rings is 1. The maximum absolute atomic E-state index is 10.3. The molecule has 0 saturated heterocycles. The number of rotatable bonds is 3. The topological polar surface area (TPSA) is 64.7 Å². The molecule has 0 spiro atoms. The molecule has 2 rings (SSSR count). The molecular formula is C9H8N2O3. The summed E-state index contributed by atoms with van der Waals surface area (Å²) in [5, 5.41) is 14.2. The van der Waals surface area contributed by atoms with Gasteiger partial charge in [0.05, 0.1) is 10.6 Å². The first-order valence-electron chi connectivity index (χ1n) is 4.23. The second-order valence-electron chi connectivity index (χ2n) is 3.00. The molecule has 5 nitrogen and oxygen atoms in total. The molecule has 1 aromatic carbocycles. The minimum absolute atomic E-state index is 0.0522. The van der Waals surface area contributed by atoms with Gasteiger partial charge in [0.15, 0.2) is 5.75 Å². The third-order valence-electron chi connectivity index (χ3n) is 1.80. The van der Waals surface area contributed by atoms with Crippen LogP contribution in [0.5, 0.6) is 5.75 Å². The van der Waals surface area contributed by atoms with Crippen molar-refractivity contribution >= 4 is 11.4 Å². The molecule has 0 N–H and O–H groups in total. The van der Waals surface area contributed by atoms with E-state index in [0.29, 0.717) is 5.75 Å². The average molecular weight is 192 g/mol. The van der Waals surface area contributed by atoms with Gasteiger partial charge in [-0.05, 0) is 25.0 Å². The number of nitrogens with zero attached hydrogens (tertiary/aromatic N) is 2. The third kappa shape index (κ3) is 2.07. The summed E-state index contributed by atoms with van der Waals surface area (Å²) in [7, 11) is 0. The Labute approximate surface area is 80.1 Å². The summed E-state index contributed by atoms with van der Waals surface area (Å²) in [4.78, 5) is 14.9. The van der Waals surface area contributed by atoms with Crippen molar-refractivity contribution in [2.75, 3.05) is 0 Å². The number of non-ortho nitro benzene ring substituents is 1. The van der Waals surface area contributed by atoms with E-state index in [9.17, 15) is 10.1 Å². The van der Waals surface area contributed by atoms with Gasteiger partial charge in [0.25, 0.3) is 5.69 Å². The van der Waals surface area contributed by atoms with Crippen LogP contribution in [0.25, 0.3) is 0 Å². The fourth-order valence-electron chi connectivity index (χ4n) is 0.893. The standard InChI is InChI=1S/C9H8N2O3/c12-11(13)8-3-5-9(6-4-8)14-10-7-1-2-7/h3-6H,1-2H2. The quantitative estimate of drug-likeness (QED) is 0.544. The lowest BCUT2D eigenvalue weighted by molar-refractivity contribution is -0.384. The molecule has 5 heteroatoms. The van der Waals surface area contributed by atoms with Gasteiger partial charge in [0, 0.05) is 12.1 Å². The van der Waals surface area contributed by atoms with Crippen LogP contribution in [0.3, 0.4) is 0 Å². The van der Waals surface area contributed by atoms with Gasteiger partial charge >= 0.3 is 0 Å². The highest BCUT2D eigenvalue weighted by Crippen LogP contribution is 2.19. The molecule has 1 aliphatic rings. The zero-order valence-corrected chi connectivity index (χ0v) is 7.34. The fraction of sp³-hybridized carbons (Fsp3) is 0.222. The summed E-state index contributed by atoms with van der Waals surface area (Å²) in [6, 6.07) is 5.85. The number of hydrogen-bond acceptors (Lipinski definition) is 4. The first-order chi connectivity index (χ1) is 6.75. The normalized spacial score (nSPS) is 13.6. The van der Waals surface area contributed by atoms with Gasteiger partial charge in [-0.3, -0.25) is 10.1 Å². The molecule has 0 aromatic heterocycles. The van der Waals surface area contributed by atoms with E-state index in [1.807, 2.05) is 0 Å². The summed E-state index contributed by atoms with van der Waals surface area (Å²) in [5.74, 6) is 0.523. The summed E-state index contributed by atoms with van der Waals surface area (Å²) < 4.78 is 0. The molecule has 0 bridgehead atoms. The predicted octanol–water partition coefficient (Wildman–Crippen LogP) is 2.12. The summed E-state index contributed by atoms with van der Waals surface area (Å²) in [5.41, 5.74) is 1.08. The van der Waals surface area contributed by atoms with Crippen molar-refractivity contribution in [3.8, 4) is 5.75 Å². The second-order valence-corrected chi connectivity index (χ2v) is 3.00. The second kappa shape index (κ2) is 3.45. The first-order valence-corrected chi connectivity index (χ1v) is 4.23. The average Bonchev–Trinajstić information content (AvgIpc) is 2.99. The van der Waals surface area contributed by atoms with Crippen molar-refractivity contribution in [1.29, 1.82) is 0 Å². The van der Waals surface area contributed by atoms with Gasteiger partial charge in [-0.25, -0.2) is 0 Å². The molecule has 1 aliphatic carbocycles. The monoisotopic (exact) mass is 192 g/mol. The van der Waals surface area contributed by atoms with Crippen molar-refractivity contribution in [2.24, 2.45) is 5.16 Å². The Kier molecular flexibility index (Phi) is 2.14. The number of oxime groups is 1. The van der Waals surface area contributed by atoms with Crippen LogP contribution in [0, 0.1) is 10.1 Å². The van der Waals surface area contributed by atoms with E-state index < -0.39 is 4.92 Å². The van der Waals surface area contributed by atoms with Gasteiger partial charge < -0.3 is 4.84 Å². The first kappa shape index (κ1) is 8.68. The minimum Gasteiger partial charge on any atom is -0.357 e. The molecule has 14 heavy (non-hydrogen) atoms. The Morgan fingerprint density at radius 3 is 2.43 bits per heavy atom. The molecule has 1 aromatic rings. The lowest BCUT2D eigenvalue weighted by atomic mass is 10.3. The molecule has 0 radical (unpaired) electrons. The molecule has 1 saturated carbocycles. The number of hydrogen-bond donors (Lipinski definition) is 0. The van der Waals surface area contributed by atoms with E-state index in [0.717, 1.165) is 18.6 Å². The van der Waals surface area contributed by atoms with Crippen molar-refractivity contribution in [1.82, 2.24) is 0 Å². The Hall–Kier alpha value is -1.91. The lowest BCUT2D eigenvalue weighted by Gasteiger charge is -1.96. The smallest absolute Gasteiger partial charge is 0.269 e. The Morgan fingerprint density at radius 1 is 1.29 bits per heavy atom. The molecule has 1 fully saturated rings. The van der Waals surface area contributed by atoms with Gasteiger partial charge in [0.1, 0.15) is 0 Å². The highest BCUT2D eigenvalue weighted by molar-refractivity contribution is 5.97. The molecule has 0 aliphatic heterocycles. The Balaban J connectivity index is 2.05. The van der Waals surface area contributed by atoms with Crippen LogP contribution in [0.4, 0.5) is 5.69 Å². The predicted molar refractivity (Wildman–Crippen MR) is 50.4 cm³/mol. The van der Waals surface area contributed by atoms with E-state index >= 15 is 0 Å². The van der Waals surface area contributed by atoms with Crippen LogP contribution in [0.15, 0.2) is 29.4 Å². The minimum atomic E-state index is -0.448. The van der Waals surface area contributed by atoms with Crippen LogP contribution in [-0.4, -0.2) is 10.6 Å². The number of nitro groups is 1. The maximum atomic E-state index is 10.3. The molecular weight excluding hydrogens is 184 g/mol. The van der Waals surface area contributed by atoms with Crippen molar-refractivity contribution < 1.29 is 9.76 Å². The van der Waals surface area contributed by atoms with Crippen LogP contribution in [-0.2, 0) is 0 Å². The Bertz CT molecular complexity index is 378. The summed E-state index contributed by atoms with van der Waals surface area (Å²) in [6.45, 7) is 0. The number of nitro benzene ring substituents is 1. The molecule has 72 valence electrons. The van der Waals surface area contributed by atoms with Crippen LogP contribution in [0.1, 0.15) is 12.8 Å². The largest absolute Gasteiger partial charge is 0.357 e. The maximum Gasteiger partial charge on any atom is 0.269 e. The SMILES string of the molecule is O=[N+]([O-])c1ccc(ON=C2CC2)cc1. The highest BCUT2D eigenvalue weighted by Gasteiger charge is 2.14. The molecule has 0 unspecified atom stereocenters. The van der Waals surface area contributed by atoms with Crippen molar-refractivity contribution in [3.63, 3.8) is 0 Å². The summed E-state index contributed by atoms with van der Waals surface area (Å²) in [6.07, 6.45) is 1.99. The fourth-order valence-corrected chi connectivity index (χ4v) is 0.893. The molecule has 0 amide bonds. The molecule has 0 atom stereocenters. The molecule has 0 heterocycles. The zero-order valence-electron chi connectivity index (χ0n) is 7.34. The third-order valence-corrected chi connectivity index (χ3v) is 1.80. The van der Waals surface area contributed by atoms with E-state index in [4.69, 9.17) is 4.84 Å². The zero-order chi connectivity index (χ0) is 9.97. The Morgan fingerprint density at radius 2 is 1.93 bits per heavy atom. The van der Waals surface area contributed by atoms with Crippen molar-refractivity contribution in [3.05, 3.63) is 34.4 Å². The van der Waals surface area contributed by atoms with Crippen molar-refractivity contribution in [2.45, 2.75) is 12.8 Å². The summed E-state index contributed by atoms with van der Waals surface area (Å²) >= 11 is 0. The van der Waals surface area contributed by atoms with Gasteiger partial charge in [-0.2, -0.15) is 0 Å². The van der Waals surface area contributed by atoms with E-state index in [2.05, 4.69) is 5.16 Å². The van der Waals surface area contributed by atoms with Crippen LogP contribution >= 0.6 is 0 Å². The van der Waals surface area contributed by atoms with E-state index in [1.54, 1.807) is 0 Å². The lowest BCUT2D eigenvalue weighted by Crippen LogP contribution is -1.88. The van der Waals surface area contributed by atoms with E-state index in [-0.39, 0.29) is 5.69 Å². The van der Waals surface area contributed by atoms with Gasteiger partial charge in [-0.15, -0.1) is 0 Å².